The van der Waals surface area contributed by atoms with Gasteiger partial charge in [0.15, 0.2) is 5.82 Å². The van der Waals surface area contributed by atoms with E-state index >= 15 is 0 Å². The van der Waals surface area contributed by atoms with Crippen molar-refractivity contribution in [2.45, 2.75) is 83.6 Å². The number of benzene rings is 2. The van der Waals surface area contributed by atoms with Gasteiger partial charge in [0.1, 0.15) is 16.8 Å². The van der Waals surface area contributed by atoms with Crippen molar-refractivity contribution in [2.75, 3.05) is 31.4 Å². The first kappa shape index (κ1) is 29.1. The van der Waals surface area contributed by atoms with Gasteiger partial charge in [-0.3, -0.25) is 0 Å². The third-order valence-corrected chi connectivity index (χ3v) is 8.04. The topological polar surface area (TPSA) is 119 Å². The fraction of sp³-hybridized carbons (Fsp3) is 0.500. The Kier molecular flexibility index (Phi) is 8.97. The molecule has 0 radical (unpaired) electrons. The monoisotopic (exact) mass is 560 g/mol. The van der Waals surface area contributed by atoms with Crippen LogP contribution in [0.2, 0.25) is 0 Å². The summed E-state index contributed by atoms with van der Waals surface area (Å²) in [6.45, 7) is 8.70. The van der Waals surface area contributed by atoms with Crippen LogP contribution in [0.5, 0.6) is 5.75 Å². The van der Waals surface area contributed by atoms with E-state index in [1.54, 1.807) is 7.11 Å². The fourth-order valence-corrected chi connectivity index (χ4v) is 6.10. The lowest BCUT2D eigenvalue weighted by Gasteiger charge is -2.36. The quantitative estimate of drug-likeness (QED) is 0.186. The highest BCUT2D eigenvalue weighted by atomic mass is 16.5. The van der Waals surface area contributed by atoms with Crippen LogP contribution >= 0.6 is 0 Å². The maximum atomic E-state index is 9.68. The molecule has 4 aromatic rings. The Morgan fingerprint density at radius 2 is 2.02 bits per heavy atom. The van der Waals surface area contributed by atoms with Crippen molar-refractivity contribution in [1.82, 2.24) is 19.9 Å². The molecule has 1 aliphatic rings. The van der Waals surface area contributed by atoms with E-state index in [0.29, 0.717) is 24.8 Å². The van der Waals surface area contributed by atoms with E-state index in [-0.39, 0.29) is 24.2 Å². The van der Waals surface area contributed by atoms with Crippen molar-refractivity contribution in [3.05, 3.63) is 53.6 Å². The van der Waals surface area contributed by atoms with Crippen molar-refractivity contribution in [3.8, 4) is 5.75 Å². The van der Waals surface area contributed by atoms with Crippen molar-refractivity contribution in [1.29, 1.82) is 0 Å². The lowest BCUT2D eigenvalue weighted by Crippen LogP contribution is -2.43. The molecule has 0 spiro atoms. The van der Waals surface area contributed by atoms with Crippen molar-refractivity contribution in [2.24, 2.45) is 0 Å². The molecule has 2 atom stereocenters. The van der Waals surface area contributed by atoms with E-state index in [0.717, 1.165) is 72.1 Å². The number of ether oxygens (including phenoxy) is 2. The lowest BCUT2D eigenvalue weighted by atomic mass is 9.94. The first-order valence-electron chi connectivity index (χ1n) is 14.8. The van der Waals surface area contributed by atoms with E-state index in [9.17, 15) is 5.11 Å². The summed E-state index contributed by atoms with van der Waals surface area (Å²) < 4.78 is 14.0. The van der Waals surface area contributed by atoms with E-state index in [1.165, 1.54) is 5.56 Å². The molecule has 5 N–H and O–H groups in total. The number of hydrogen-bond acceptors (Lipinski definition) is 8. The highest BCUT2D eigenvalue weighted by Gasteiger charge is 2.28. The highest BCUT2D eigenvalue weighted by Crippen LogP contribution is 2.35. The zero-order chi connectivity index (χ0) is 29.0. The standard InChI is InChI=1S/C32H44N6O3/c1-5-8-23(13-15-39)35-30-29-28(36-31(33)37-30)25-9-6-7-10-26(25)38(29)20-22-17-21(11-12-27(22)40-4)19-34-24-14-16-41-32(2,3)18-24/h6-7,9-12,17,23-24,34,39H,5,8,13-16,18-20H2,1-4H3,(H3,33,35,36,37)/t23-,24?/m0/s1. The number of para-hydroxylation sites is 1. The van der Waals surface area contributed by atoms with Crippen molar-refractivity contribution < 1.29 is 14.6 Å². The van der Waals surface area contributed by atoms with Gasteiger partial charge < -0.3 is 35.5 Å². The Morgan fingerprint density at radius 3 is 2.78 bits per heavy atom. The van der Waals surface area contributed by atoms with Gasteiger partial charge in [0.2, 0.25) is 5.95 Å². The summed E-state index contributed by atoms with van der Waals surface area (Å²) >= 11 is 0. The van der Waals surface area contributed by atoms with Crippen LogP contribution in [-0.4, -0.2) is 57.6 Å². The van der Waals surface area contributed by atoms with Crippen LogP contribution < -0.4 is 21.1 Å². The number of nitrogens with one attached hydrogen (secondary N) is 2. The van der Waals surface area contributed by atoms with Gasteiger partial charge >= 0.3 is 0 Å². The lowest BCUT2D eigenvalue weighted by molar-refractivity contribution is -0.0630. The SMILES string of the molecule is CCC[C@@H](CCO)Nc1nc(N)nc2c3ccccc3n(Cc3cc(CNC4CCOC(C)(C)C4)ccc3OC)c12. The number of rotatable bonds is 12. The van der Waals surface area contributed by atoms with Crippen LogP contribution in [0.15, 0.2) is 42.5 Å². The Morgan fingerprint density at radius 1 is 1.20 bits per heavy atom. The first-order valence-corrected chi connectivity index (χ1v) is 14.8. The maximum Gasteiger partial charge on any atom is 0.222 e. The Bertz CT molecular complexity index is 1480. The number of fused-ring (bicyclic) bond motifs is 3. The van der Waals surface area contributed by atoms with E-state index in [2.05, 4.69) is 76.3 Å². The summed E-state index contributed by atoms with van der Waals surface area (Å²) in [4.78, 5) is 9.34. The van der Waals surface area contributed by atoms with Gasteiger partial charge in [-0.15, -0.1) is 0 Å². The normalized spacial score (nSPS) is 17.6. The first-order chi connectivity index (χ1) is 19.8. The number of nitrogen functional groups attached to an aromatic ring is 1. The van der Waals surface area contributed by atoms with E-state index < -0.39 is 0 Å². The minimum atomic E-state index is -0.0952. The molecule has 3 heterocycles. The summed E-state index contributed by atoms with van der Waals surface area (Å²) in [6.07, 6.45) is 4.55. The Labute approximate surface area is 242 Å². The molecule has 2 aromatic carbocycles. The van der Waals surface area contributed by atoms with Crippen molar-refractivity contribution in [3.63, 3.8) is 0 Å². The van der Waals surface area contributed by atoms with Crippen LogP contribution in [-0.2, 0) is 17.8 Å². The highest BCUT2D eigenvalue weighted by molar-refractivity contribution is 6.09. The second kappa shape index (κ2) is 12.6. The summed E-state index contributed by atoms with van der Waals surface area (Å²) in [5, 5.41) is 18.0. The van der Waals surface area contributed by atoms with Crippen LogP contribution in [0, 0.1) is 0 Å². The second-order valence-electron chi connectivity index (χ2n) is 11.7. The number of nitrogens with zero attached hydrogens (tertiary/aromatic N) is 3. The molecule has 0 bridgehead atoms. The molecule has 41 heavy (non-hydrogen) atoms. The number of aliphatic hydroxyl groups excluding tert-OH is 1. The Hall–Kier alpha value is -3.40. The molecule has 2 aromatic heterocycles. The van der Waals surface area contributed by atoms with Crippen LogP contribution in [0.25, 0.3) is 21.9 Å². The van der Waals surface area contributed by atoms with Crippen molar-refractivity contribution >= 4 is 33.7 Å². The molecule has 1 fully saturated rings. The molecule has 1 saturated heterocycles. The van der Waals surface area contributed by atoms with Crippen LogP contribution in [0.3, 0.4) is 0 Å². The molecular weight excluding hydrogens is 516 g/mol. The third-order valence-electron chi connectivity index (χ3n) is 8.04. The average Bonchev–Trinajstić information content (AvgIpc) is 3.25. The maximum absolute atomic E-state index is 9.68. The molecule has 0 aliphatic carbocycles. The van der Waals surface area contributed by atoms with Crippen LogP contribution in [0.1, 0.15) is 64.0 Å². The van der Waals surface area contributed by atoms with E-state index in [1.807, 2.05) is 12.1 Å². The Balaban J connectivity index is 1.52. The number of hydrogen-bond donors (Lipinski definition) is 4. The summed E-state index contributed by atoms with van der Waals surface area (Å²) in [7, 11) is 1.72. The predicted octanol–water partition coefficient (Wildman–Crippen LogP) is 5.23. The largest absolute Gasteiger partial charge is 0.496 e. The molecular formula is C32H44N6O3. The van der Waals surface area contributed by atoms with Gasteiger partial charge in [-0.1, -0.05) is 37.6 Å². The minimum Gasteiger partial charge on any atom is -0.496 e. The minimum absolute atomic E-state index is 0.0769. The van der Waals surface area contributed by atoms with Gasteiger partial charge in [0.25, 0.3) is 0 Å². The number of methoxy groups -OCH3 is 1. The van der Waals surface area contributed by atoms with Gasteiger partial charge in [-0.05, 0) is 63.3 Å². The number of aromatic nitrogens is 3. The fourth-order valence-electron chi connectivity index (χ4n) is 6.10. The van der Waals surface area contributed by atoms with Crippen LogP contribution in [0.4, 0.5) is 11.8 Å². The number of aliphatic hydroxyl groups is 1. The second-order valence-corrected chi connectivity index (χ2v) is 11.7. The molecule has 9 nitrogen and oxygen atoms in total. The summed E-state index contributed by atoms with van der Waals surface area (Å²) in [6, 6.07) is 15.2. The number of anilines is 2. The average molecular weight is 561 g/mol. The molecule has 1 unspecified atom stereocenters. The molecule has 5 rings (SSSR count). The molecule has 9 heteroatoms. The summed E-state index contributed by atoms with van der Waals surface area (Å²) in [5.74, 6) is 1.75. The van der Waals surface area contributed by atoms with Gasteiger partial charge in [-0.25, -0.2) is 4.98 Å². The molecule has 1 aliphatic heterocycles. The van der Waals surface area contributed by atoms with E-state index in [4.69, 9.17) is 15.2 Å². The number of nitrogens with two attached hydrogens (primary N) is 1. The van der Waals surface area contributed by atoms with Gasteiger partial charge in [0.05, 0.1) is 24.8 Å². The third kappa shape index (κ3) is 6.58. The summed E-state index contributed by atoms with van der Waals surface area (Å²) in [5.41, 5.74) is 11.2. The zero-order valence-electron chi connectivity index (χ0n) is 24.7. The zero-order valence-corrected chi connectivity index (χ0v) is 24.7. The predicted molar refractivity (Wildman–Crippen MR) is 165 cm³/mol. The van der Waals surface area contributed by atoms with Gasteiger partial charge in [-0.2, -0.15) is 4.98 Å². The molecule has 220 valence electrons. The smallest absolute Gasteiger partial charge is 0.222 e. The van der Waals surface area contributed by atoms with Gasteiger partial charge in [0, 0.05) is 42.8 Å². The molecule has 0 amide bonds. The molecule has 0 saturated carbocycles.